The number of nitrogens with one attached hydrogen (secondary N) is 1. The molecule has 0 unspecified atom stereocenters. The number of halogens is 3. The highest BCUT2D eigenvalue weighted by molar-refractivity contribution is 7.94. The molecule has 0 saturated carbocycles. The summed E-state index contributed by atoms with van der Waals surface area (Å²) in [6.45, 7) is -0.310. The number of anilines is 1. The van der Waals surface area contributed by atoms with Gasteiger partial charge in [-0.2, -0.15) is 13.2 Å². The molecule has 1 aromatic carbocycles. The van der Waals surface area contributed by atoms with Gasteiger partial charge < -0.3 is 5.11 Å². The van der Waals surface area contributed by atoms with Crippen LogP contribution >= 0.6 is 11.3 Å². The molecule has 0 aliphatic carbocycles. The number of hydrogen-bond acceptors (Lipinski definition) is 4. The first-order chi connectivity index (χ1) is 9.72. The predicted molar refractivity (Wildman–Crippen MR) is 72.5 cm³/mol. The van der Waals surface area contributed by atoms with E-state index in [9.17, 15) is 21.6 Å². The highest BCUT2D eigenvalue weighted by Gasteiger charge is 2.30. The van der Waals surface area contributed by atoms with Crippen molar-refractivity contribution in [2.75, 3.05) is 4.72 Å². The highest BCUT2D eigenvalue weighted by atomic mass is 32.2. The minimum atomic E-state index is -4.55. The van der Waals surface area contributed by atoms with Crippen molar-refractivity contribution in [3.63, 3.8) is 0 Å². The summed E-state index contributed by atoms with van der Waals surface area (Å²) in [5, 5.41) is 10.4. The Kier molecular flexibility index (Phi) is 4.26. The monoisotopic (exact) mass is 337 g/mol. The van der Waals surface area contributed by atoms with E-state index < -0.39 is 21.8 Å². The molecule has 0 atom stereocenters. The molecule has 21 heavy (non-hydrogen) atoms. The lowest BCUT2D eigenvalue weighted by Gasteiger charge is -2.10. The lowest BCUT2D eigenvalue weighted by atomic mass is 10.2. The van der Waals surface area contributed by atoms with Gasteiger partial charge >= 0.3 is 6.18 Å². The van der Waals surface area contributed by atoms with Gasteiger partial charge in [0.05, 0.1) is 12.2 Å². The number of thiophene rings is 1. The van der Waals surface area contributed by atoms with Crippen molar-refractivity contribution in [3.8, 4) is 0 Å². The molecule has 2 N–H and O–H groups in total. The Hall–Kier alpha value is -1.58. The number of hydrogen-bond donors (Lipinski definition) is 2. The Bertz CT molecular complexity index is 738. The molecule has 0 aliphatic heterocycles. The number of benzene rings is 1. The summed E-state index contributed by atoms with van der Waals surface area (Å²) in [5.74, 6) is 0. The van der Waals surface area contributed by atoms with Crippen molar-refractivity contribution in [1.82, 2.24) is 0 Å². The molecule has 2 rings (SSSR count). The summed E-state index contributed by atoms with van der Waals surface area (Å²) in [4.78, 5) is 0. The van der Waals surface area contributed by atoms with Gasteiger partial charge in [0.2, 0.25) is 0 Å². The second-order valence-electron chi connectivity index (χ2n) is 4.12. The molecule has 1 aromatic heterocycles. The van der Waals surface area contributed by atoms with Gasteiger partial charge in [0.15, 0.2) is 0 Å². The Labute approximate surface area is 122 Å². The van der Waals surface area contributed by atoms with Gasteiger partial charge in [0, 0.05) is 5.69 Å². The molecule has 0 radical (unpaired) electrons. The van der Waals surface area contributed by atoms with E-state index in [2.05, 4.69) is 4.72 Å². The van der Waals surface area contributed by atoms with E-state index >= 15 is 0 Å². The lowest BCUT2D eigenvalue weighted by Crippen LogP contribution is -2.12. The molecule has 2 aromatic rings. The molecule has 0 fully saturated rings. The third-order valence-electron chi connectivity index (χ3n) is 2.52. The quantitative estimate of drug-likeness (QED) is 0.901. The van der Waals surface area contributed by atoms with E-state index in [0.717, 1.165) is 29.5 Å². The molecular formula is C12H10F3NO3S2. The first kappa shape index (κ1) is 15.8. The van der Waals surface area contributed by atoms with Crippen molar-refractivity contribution in [1.29, 1.82) is 0 Å². The minimum absolute atomic E-state index is 0.0797. The van der Waals surface area contributed by atoms with Crippen LogP contribution in [-0.4, -0.2) is 13.5 Å². The lowest BCUT2D eigenvalue weighted by molar-refractivity contribution is -0.137. The van der Waals surface area contributed by atoms with Gasteiger partial charge in [0.1, 0.15) is 4.21 Å². The van der Waals surface area contributed by atoms with Gasteiger partial charge in [-0.1, -0.05) is 6.07 Å². The number of aliphatic hydroxyl groups is 1. The van der Waals surface area contributed by atoms with Crippen LogP contribution in [0.1, 0.15) is 11.1 Å². The van der Waals surface area contributed by atoms with Crippen molar-refractivity contribution in [2.45, 2.75) is 17.0 Å². The van der Waals surface area contributed by atoms with Crippen LogP contribution < -0.4 is 4.72 Å². The normalized spacial score (nSPS) is 12.4. The zero-order valence-electron chi connectivity index (χ0n) is 10.4. The smallest absolute Gasteiger partial charge is 0.392 e. The Balaban J connectivity index is 2.28. The Morgan fingerprint density at radius 2 is 1.95 bits per heavy atom. The standard InChI is InChI=1S/C12H10F3NO3S2/c13-12(14,15)9-2-1-3-10(5-9)16-21(18,19)11-4-8(6-17)7-20-11/h1-5,7,16-17H,6H2. The molecule has 0 saturated heterocycles. The van der Waals surface area contributed by atoms with E-state index in [-0.39, 0.29) is 16.5 Å². The van der Waals surface area contributed by atoms with Crippen molar-refractivity contribution in [3.05, 3.63) is 46.8 Å². The van der Waals surface area contributed by atoms with Crippen LogP contribution in [0.25, 0.3) is 0 Å². The van der Waals surface area contributed by atoms with Crippen LogP contribution in [0, 0.1) is 0 Å². The predicted octanol–water partition coefficient (Wildman–Crippen LogP) is 3.06. The van der Waals surface area contributed by atoms with Gasteiger partial charge in [-0.05, 0) is 35.2 Å². The fourth-order valence-electron chi connectivity index (χ4n) is 1.54. The maximum atomic E-state index is 12.6. The van der Waals surface area contributed by atoms with Crippen molar-refractivity contribution >= 4 is 27.0 Å². The van der Waals surface area contributed by atoms with Crippen molar-refractivity contribution < 1.29 is 26.7 Å². The summed E-state index contributed by atoms with van der Waals surface area (Å²) in [7, 11) is -3.97. The minimum Gasteiger partial charge on any atom is -0.392 e. The van der Waals surface area contributed by atoms with E-state index in [4.69, 9.17) is 5.11 Å². The number of alkyl halides is 3. The number of rotatable bonds is 4. The van der Waals surface area contributed by atoms with Crippen LogP contribution in [0.2, 0.25) is 0 Å². The van der Waals surface area contributed by atoms with Crippen LogP contribution in [0.15, 0.2) is 39.9 Å². The van der Waals surface area contributed by atoms with Crippen LogP contribution in [-0.2, 0) is 22.8 Å². The first-order valence-corrected chi connectivity index (χ1v) is 7.97. The van der Waals surface area contributed by atoms with Gasteiger partial charge in [-0.15, -0.1) is 11.3 Å². The third kappa shape index (κ3) is 3.74. The van der Waals surface area contributed by atoms with E-state index in [1.807, 2.05) is 0 Å². The van der Waals surface area contributed by atoms with Crippen LogP contribution in [0.3, 0.4) is 0 Å². The maximum Gasteiger partial charge on any atom is 0.416 e. The van der Waals surface area contributed by atoms with Gasteiger partial charge in [-0.25, -0.2) is 8.42 Å². The van der Waals surface area contributed by atoms with Crippen LogP contribution in [0.5, 0.6) is 0 Å². The molecule has 0 bridgehead atoms. The topological polar surface area (TPSA) is 66.4 Å². The maximum absolute atomic E-state index is 12.6. The third-order valence-corrected chi connectivity index (χ3v) is 5.39. The molecular weight excluding hydrogens is 327 g/mol. The number of aliphatic hydroxyl groups excluding tert-OH is 1. The van der Waals surface area contributed by atoms with Crippen molar-refractivity contribution in [2.24, 2.45) is 0 Å². The fourth-order valence-corrected chi connectivity index (χ4v) is 3.79. The zero-order valence-corrected chi connectivity index (χ0v) is 12.0. The molecule has 114 valence electrons. The molecule has 9 heteroatoms. The van der Waals surface area contributed by atoms with Crippen LogP contribution in [0.4, 0.5) is 18.9 Å². The van der Waals surface area contributed by atoms with Gasteiger partial charge in [-0.3, -0.25) is 4.72 Å². The Morgan fingerprint density at radius 3 is 2.52 bits per heavy atom. The van der Waals surface area contributed by atoms with Gasteiger partial charge in [0.25, 0.3) is 10.0 Å². The average molecular weight is 337 g/mol. The summed E-state index contributed by atoms with van der Waals surface area (Å²) in [5.41, 5.74) is -0.696. The summed E-state index contributed by atoms with van der Waals surface area (Å²) >= 11 is 0.877. The summed E-state index contributed by atoms with van der Waals surface area (Å²) in [6.07, 6.45) is -4.55. The molecule has 1 heterocycles. The second kappa shape index (κ2) is 5.66. The van der Waals surface area contributed by atoms with E-state index in [1.54, 1.807) is 0 Å². The Morgan fingerprint density at radius 1 is 1.24 bits per heavy atom. The number of sulfonamides is 1. The molecule has 0 spiro atoms. The SMILES string of the molecule is O=S(=O)(Nc1cccc(C(F)(F)F)c1)c1cc(CO)cs1. The molecule has 4 nitrogen and oxygen atoms in total. The highest BCUT2D eigenvalue weighted by Crippen LogP contribution is 2.31. The second-order valence-corrected chi connectivity index (χ2v) is 6.94. The zero-order chi connectivity index (χ0) is 15.7. The largest absolute Gasteiger partial charge is 0.416 e. The van der Waals surface area contributed by atoms with E-state index in [1.165, 1.54) is 17.5 Å². The fraction of sp³-hybridized carbons (Fsp3) is 0.167. The molecule has 0 aliphatic rings. The average Bonchev–Trinajstić information content (AvgIpc) is 2.87. The summed E-state index contributed by atoms with van der Waals surface area (Å²) < 4.78 is 63.8. The van der Waals surface area contributed by atoms with E-state index in [0.29, 0.717) is 5.56 Å². The summed E-state index contributed by atoms with van der Waals surface area (Å²) in [6, 6.07) is 5.19. The molecule has 0 amide bonds. The first-order valence-electron chi connectivity index (χ1n) is 5.61.